The number of nitrogens with zero attached hydrogens (tertiary/aromatic N) is 3. The molecule has 1 N–H and O–H groups in total. The lowest BCUT2D eigenvalue weighted by atomic mass is 10.0. The fourth-order valence-corrected chi connectivity index (χ4v) is 2.71. The molecule has 0 spiro atoms. The Bertz CT molecular complexity index is 411. The third-order valence-electron chi connectivity index (χ3n) is 3.35. The van der Waals surface area contributed by atoms with Crippen LogP contribution in [0.2, 0.25) is 0 Å². The lowest BCUT2D eigenvalue weighted by Crippen LogP contribution is -2.42. The zero-order chi connectivity index (χ0) is 13.1. The van der Waals surface area contributed by atoms with Crippen LogP contribution in [0.3, 0.4) is 0 Å². The van der Waals surface area contributed by atoms with Crippen LogP contribution in [-0.4, -0.2) is 34.3 Å². The molecular weight excluding hydrogens is 294 g/mol. The van der Waals surface area contributed by atoms with Crippen LogP contribution >= 0.6 is 15.9 Å². The summed E-state index contributed by atoms with van der Waals surface area (Å²) in [7, 11) is 0. The van der Waals surface area contributed by atoms with Gasteiger partial charge in [-0.1, -0.05) is 13.8 Å². The van der Waals surface area contributed by atoms with E-state index in [0.717, 1.165) is 35.6 Å². The molecule has 0 aliphatic carbocycles. The summed E-state index contributed by atoms with van der Waals surface area (Å²) in [5.41, 5.74) is 0. The molecule has 2 heterocycles. The normalized spacial score (nSPS) is 20.5. The molecule has 4 nitrogen and oxygen atoms in total. The van der Waals surface area contributed by atoms with Crippen molar-refractivity contribution in [3.05, 3.63) is 16.5 Å². The fraction of sp³-hybridized carbons (Fsp3) is 0.692. The first-order valence-corrected chi connectivity index (χ1v) is 7.33. The molecule has 1 unspecified atom stereocenters. The van der Waals surface area contributed by atoms with Crippen LogP contribution in [0.25, 0.3) is 0 Å². The second-order valence-electron chi connectivity index (χ2n) is 5.09. The Kier molecular flexibility index (Phi) is 4.56. The SMILES string of the molecule is CC(C)c1nc(Br)cc(N2CCCCC2CO)n1. The summed E-state index contributed by atoms with van der Waals surface area (Å²) in [4.78, 5) is 11.2. The van der Waals surface area contributed by atoms with E-state index in [0.29, 0.717) is 5.92 Å². The zero-order valence-electron chi connectivity index (χ0n) is 10.9. The first kappa shape index (κ1) is 13.7. The van der Waals surface area contributed by atoms with E-state index in [-0.39, 0.29) is 12.6 Å². The predicted octanol–water partition coefficient (Wildman–Crippen LogP) is 2.71. The van der Waals surface area contributed by atoms with Crippen molar-refractivity contribution in [1.82, 2.24) is 9.97 Å². The number of halogens is 1. The minimum Gasteiger partial charge on any atom is -0.394 e. The summed E-state index contributed by atoms with van der Waals surface area (Å²) < 4.78 is 0.818. The largest absolute Gasteiger partial charge is 0.394 e. The lowest BCUT2D eigenvalue weighted by molar-refractivity contribution is 0.239. The van der Waals surface area contributed by atoms with Crippen molar-refractivity contribution >= 4 is 21.7 Å². The molecule has 0 radical (unpaired) electrons. The van der Waals surface area contributed by atoms with E-state index in [4.69, 9.17) is 0 Å². The van der Waals surface area contributed by atoms with Gasteiger partial charge in [0.2, 0.25) is 0 Å². The summed E-state index contributed by atoms with van der Waals surface area (Å²) in [5, 5.41) is 9.47. The average Bonchev–Trinajstić information content (AvgIpc) is 2.38. The number of anilines is 1. The Morgan fingerprint density at radius 2 is 2.22 bits per heavy atom. The van der Waals surface area contributed by atoms with Crippen molar-refractivity contribution in [2.45, 2.75) is 45.1 Å². The number of hydrogen-bond acceptors (Lipinski definition) is 4. The summed E-state index contributed by atoms with van der Waals surface area (Å²) in [6.45, 7) is 5.33. The maximum atomic E-state index is 9.47. The number of hydrogen-bond donors (Lipinski definition) is 1. The van der Waals surface area contributed by atoms with Gasteiger partial charge in [0.1, 0.15) is 16.2 Å². The second-order valence-corrected chi connectivity index (χ2v) is 5.90. The molecule has 1 aromatic rings. The molecule has 100 valence electrons. The molecule has 1 saturated heterocycles. The van der Waals surface area contributed by atoms with Gasteiger partial charge in [0, 0.05) is 18.5 Å². The molecule has 0 amide bonds. The topological polar surface area (TPSA) is 49.2 Å². The van der Waals surface area contributed by atoms with Crippen molar-refractivity contribution < 1.29 is 5.11 Å². The van der Waals surface area contributed by atoms with E-state index < -0.39 is 0 Å². The number of piperidine rings is 1. The molecule has 5 heteroatoms. The molecule has 2 rings (SSSR count). The van der Waals surface area contributed by atoms with Gasteiger partial charge < -0.3 is 10.0 Å². The molecule has 0 aromatic carbocycles. The van der Waals surface area contributed by atoms with Gasteiger partial charge in [-0.05, 0) is 35.2 Å². The highest BCUT2D eigenvalue weighted by Gasteiger charge is 2.23. The third-order valence-corrected chi connectivity index (χ3v) is 3.75. The second kappa shape index (κ2) is 5.97. The number of aliphatic hydroxyl groups is 1. The highest BCUT2D eigenvalue weighted by atomic mass is 79.9. The summed E-state index contributed by atoms with van der Waals surface area (Å²) in [6.07, 6.45) is 3.38. The van der Waals surface area contributed by atoms with Gasteiger partial charge in [-0.2, -0.15) is 0 Å². The number of rotatable bonds is 3. The number of aliphatic hydroxyl groups excluding tert-OH is 1. The van der Waals surface area contributed by atoms with Crippen LogP contribution in [0, 0.1) is 0 Å². The van der Waals surface area contributed by atoms with Gasteiger partial charge >= 0.3 is 0 Å². The minimum atomic E-state index is 0.193. The molecule has 0 saturated carbocycles. The molecule has 18 heavy (non-hydrogen) atoms. The first-order chi connectivity index (χ1) is 8.61. The predicted molar refractivity (Wildman–Crippen MR) is 75.9 cm³/mol. The molecule has 1 aliphatic heterocycles. The van der Waals surface area contributed by atoms with Crippen LogP contribution in [0.15, 0.2) is 10.7 Å². The van der Waals surface area contributed by atoms with E-state index in [1.807, 2.05) is 6.07 Å². The summed E-state index contributed by atoms with van der Waals surface area (Å²) in [5.74, 6) is 2.08. The van der Waals surface area contributed by atoms with E-state index in [1.165, 1.54) is 6.42 Å². The Morgan fingerprint density at radius 3 is 2.89 bits per heavy atom. The molecular formula is C13H20BrN3O. The van der Waals surface area contributed by atoms with Crippen LogP contribution in [-0.2, 0) is 0 Å². The van der Waals surface area contributed by atoms with Gasteiger partial charge in [-0.3, -0.25) is 0 Å². The molecule has 1 aliphatic rings. The quantitative estimate of drug-likeness (QED) is 0.872. The van der Waals surface area contributed by atoms with Crippen LogP contribution < -0.4 is 4.90 Å². The van der Waals surface area contributed by atoms with Crippen LogP contribution in [0.5, 0.6) is 0 Å². The molecule has 0 bridgehead atoms. The van der Waals surface area contributed by atoms with Crippen molar-refractivity contribution in [2.24, 2.45) is 0 Å². The molecule has 1 aromatic heterocycles. The van der Waals surface area contributed by atoms with Crippen molar-refractivity contribution in [2.75, 3.05) is 18.1 Å². The van der Waals surface area contributed by atoms with Gasteiger partial charge in [-0.15, -0.1) is 0 Å². The molecule has 1 fully saturated rings. The van der Waals surface area contributed by atoms with Crippen molar-refractivity contribution in [3.63, 3.8) is 0 Å². The lowest BCUT2D eigenvalue weighted by Gasteiger charge is -2.35. The van der Waals surface area contributed by atoms with Crippen molar-refractivity contribution in [1.29, 1.82) is 0 Å². The van der Waals surface area contributed by atoms with Gasteiger partial charge in [0.25, 0.3) is 0 Å². The van der Waals surface area contributed by atoms with Crippen molar-refractivity contribution in [3.8, 4) is 0 Å². The van der Waals surface area contributed by atoms with E-state index >= 15 is 0 Å². The van der Waals surface area contributed by atoms with Crippen LogP contribution in [0.1, 0.15) is 44.9 Å². The van der Waals surface area contributed by atoms with Crippen LogP contribution in [0.4, 0.5) is 5.82 Å². The number of aromatic nitrogens is 2. The van der Waals surface area contributed by atoms with E-state index in [1.54, 1.807) is 0 Å². The van der Waals surface area contributed by atoms with E-state index in [9.17, 15) is 5.11 Å². The Morgan fingerprint density at radius 1 is 1.44 bits per heavy atom. The maximum Gasteiger partial charge on any atom is 0.134 e. The zero-order valence-corrected chi connectivity index (χ0v) is 12.5. The highest BCUT2D eigenvalue weighted by Crippen LogP contribution is 2.26. The Labute approximate surface area is 117 Å². The first-order valence-electron chi connectivity index (χ1n) is 6.53. The Hall–Kier alpha value is -0.680. The third kappa shape index (κ3) is 3.01. The summed E-state index contributed by atoms with van der Waals surface area (Å²) in [6, 6.07) is 2.14. The smallest absolute Gasteiger partial charge is 0.134 e. The summed E-state index contributed by atoms with van der Waals surface area (Å²) >= 11 is 3.45. The van der Waals surface area contributed by atoms with Gasteiger partial charge in [-0.25, -0.2) is 9.97 Å². The highest BCUT2D eigenvalue weighted by molar-refractivity contribution is 9.10. The van der Waals surface area contributed by atoms with Gasteiger partial charge in [0.15, 0.2) is 0 Å². The Balaban J connectivity index is 2.30. The maximum absolute atomic E-state index is 9.47. The van der Waals surface area contributed by atoms with E-state index in [2.05, 4.69) is 44.6 Å². The molecule has 1 atom stereocenters. The fourth-order valence-electron chi connectivity index (χ4n) is 2.32. The minimum absolute atomic E-state index is 0.193. The van der Waals surface area contributed by atoms with Gasteiger partial charge in [0.05, 0.1) is 12.6 Å². The average molecular weight is 314 g/mol. The monoisotopic (exact) mass is 313 g/mol. The standard InChI is InChI=1S/C13H20BrN3O/c1-9(2)13-15-11(14)7-12(16-13)17-6-4-3-5-10(17)8-18/h7,9-10,18H,3-6,8H2,1-2H3.